The smallest absolute Gasteiger partial charge is 0.123 e. The van der Waals surface area contributed by atoms with E-state index in [1.54, 1.807) is 0 Å². The van der Waals surface area contributed by atoms with Gasteiger partial charge in [-0.2, -0.15) is 0 Å². The van der Waals surface area contributed by atoms with E-state index in [4.69, 9.17) is 11.6 Å². The molecule has 2 aromatic rings. The van der Waals surface area contributed by atoms with Crippen molar-refractivity contribution in [3.05, 3.63) is 29.0 Å². The first-order chi connectivity index (χ1) is 9.51. The van der Waals surface area contributed by atoms with Crippen LogP contribution in [-0.4, -0.2) is 27.3 Å². The molecule has 5 heteroatoms. The summed E-state index contributed by atoms with van der Waals surface area (Å²) in [5.41, 5.74) is 1.97. The molecule has 1 atom stereocenters. The fourth-order valence-electron chi connectivity index (χ4n) is 2.41. The molecule has 2 N–H and O–H groups in total. The second kappa shape index (κ2) is 6.57. The van der Waals surface area contributed by atoms with Crippen molar-refractivity contribution in [3.8, 4) is 0 Å². The molecule has 0 bridgehead atoms. The molecular formula is C15H22ClN3O. The van der Waals surface area contributed by atoms with Crippen molar-refractivity contribution in [2.45, 2.75) is 32.9 Å². The number of fused-ring (bicyclic) bond motifs is 1. The van der Waals surface area contributed by atoms with E-state index in [1.165, 1.54) is 0 Å². The lowest BCUT2D eigenvalue weighted by Crippen LogP contribution is -2.34. The lowest BCUT2D eigenvalue weighted by molar-refractivity contribution is 0.222. The summed E-state index contributed by atoms with van der Waals surface area (Å²) in [6.45, 7) is 5.09. The van der Waals surface area contributed by atoms with E-state index in [9.17, 15) is 5.11 Å². The quantitative estimate of drug-likeness (QED) is 0.861. The highest BCUT2D eigenvalue weighted by Crippen LogP contribution is 2.19. The Kier molecular flexibility index (Phi) is 5.02. The van der Waals surface area contributed by atoms with Gasteiger partial charge < -0.3 is 15.0 Å². The molecule has 1 aromatic heterocycles. The molecule has 110 valence electrons. The van der Waals surface area contributed by atoms with Gasteiger partial charge >= 0.3 is 0 Å². The number of aromatic nitrogens is 2. The van der Waals surface area contributed by atoms with Crippen LogP contribution in [0.5, 0.6) is 0 Å². The number of hydrogen-bond donors (Lipinski definition) is 2. The molecule has 0 aliphatic rings. The Hall–Kier alpha value is -1.10. The van der Waals surface area contributed by atoms with Crippen LogP contribution in [0.25, 0.3) is 11.0 Å². The van der Waals surface area contributed by atoms with Gasteiger partial charge in [0.25, 0.3) is 0 Å². The largest absolute Gasteiger partial charge is 0.395 e. The maximum Gasteiger partial charge on any atom is 0.123 e. The van der Waals surface area contributed by atoms with Crippen LogP contribution in [0.3, 0.4) is 0 Å². The Morgan fingerprint density at radius 3 is 2.80 bits per heavy atom. The van der Waals surface area contributed by atoms with E-state index < -0.39 is 0 Å². The molecule has 1 unspecified atom stereocenters. The fourth-order valence-corrected chi connectivity index (χ4v) is 2.57. The van der Waals surface area contributed by atoms with Gasteiger partial charge in [-0.05, 0) is 30.5 Å². The van der Waals surface area contributed by atoms with Crippen LogP contribution in [0.1, 0.15) is 26.1 Å². The first-order valence-corrected chi connectivity index (χ1v) is 7.34. The average molecular weight is 296 g/mol. The van der Waals surface area contributed by atoms with Gasteiger partial charge in [-0.15, -0.1) is 0 Å². The van der Waals surface area contributed by atoms with Crippen molar-refractivity contribution < 1.29 is 5.11 Å². The summed E-state index contributed by atoms with van der Waals surface area (Å²) in [7, 11) is 2.00. The Labute approximate surface area is 124 Å². The SMILES string of the molecule is CC(C)CC(CO)NCc1nc2cc(Cl)ccc2n1C. The summed E-state index contributed by atoms with van der Waals surface area (Å²) in [6, 6.07) is 5.83. The number of rotatable bonds is 6. The van der Waals surface area contributed by atoms with Gasteiger partial charge in [0.05, 0.1) is 24.2 Å². The van der Waals surface area contributed by atoms with E-state index in [1.807, 2.05) is 25.2 Å². The molecule has 0 amide bonds. The number of aliphatic hydroxyl groups excluding tert-OH is 1. The van der Waals surface area contributed by atoms with Gasteiger partial charge in [0.15, 0.2) is 0 Å². The molecule has 0 radical (unpaired) electrons. The number of imidazole rings is 1. The van der Waals surface area contributed by atoms with E-state index in [0.717, 1.165) is 23.3 Å². The monoisotopic (exact) mass is 295 g/mol. The molecule has 20 heavy (non-hydrogen) atoms. The van der Waals surface area contributed by atoms with E-state index >= 15 is 0 Å². The lowest BCUT2D eigenvalue weighted by Gasteiger charge is -2.18. The van der Waals surface area contributed by atoms with E-state index in [0.29, 0.717) is 17.5 Å². The van der Waals surface area contributed by atoms with Gasteiger partial charge in [0, 0.05) is 18.1 Å². The van der Waals surface area contributed by atoms with Crippen LogP contribution in [0.15, 0.2) is 18.2 Å². The second-order valence-corrected chi connectivity index (χ2v) is 6.05. The molecule has 4 nitrogen and oxygen atoms in total. The normalized spacial score (nSPS) is 13.3. The van der Waals surface area contributed by atoms with Crippen LogP contribution in [0, 0.1) is 5.92 Å². The van der Waals surface area contributed by atoms with Crippen molar-refractivity contribution in [1.82, 2.24) is 14.9 Å². The summed E-state index contributed by atoms with van der Waals surface area (Å²) in [4.78, 5) is 4.59. The number of halogens is 1. The van der Waals surface area contributed by atoms with Crippen molar-refractivity contribution >= 4 is 22.6 Å². The Morgan fingerprint density at radius 1 is 1.40 bits per heavy atom. The molecule has 1 heterocycles. The summed E-state index contributed by atoms with van der Waals surface area (Å²) < 4.78 is 2.06. The fraction of sp³-hybridized carbons (Fsp3) is 0.533. The van der Waals surface area contributed by atoms with Crippen molar-refractivity contribution in [2.75, 3.05) is 6.61 Å². The minimum Gasteiger partial charge on any atom is -0.395 e. The molecule has 0 saturated carbocycles. The summed E-state index contributed by atoms with van der Waals surface area (Å²) >= 11 is 5.99. The van der Waals surface area contributed by atoms with Crippen LogP contribution in [0.4, 0.5) is 0 Å². The van der Waals surface area contributed by atoms with Crippen LogP contribution < -0.4 is 5.32 Å². The minimum atomic E-state index is 0.110. The maximum atomic E-state index is 9.39. The minimum absolute atomic E-state index is 0.110. The maximum absolute atomic E-state index is 9.39. The lowest BCUT2D eigenvalue weighted by atomic mass is 10.0. The van der Waals surface area contributed by atoms with Crippen molar-refractivity contribution in [1.29, 1.82) is 0 Å². The first-order valence-electron chi connectivity index (χ1n) is 6.96. The summed E-state index contributed by atoms with van der Waals surface area (Å²) in [6.07, 6.45) is 0.951. The zero-order chi connectivity index (χ0) is 14.7. The molecule has 2 rings (SSSR count). The third kappa shape index (κ3) is 3.51. The molecule has 0 saturated heterocycles. The van der Waals surface area contributed by atoms with Crippen LogP contribution >= 0.6 is 11.6 Å². The van der Waals surface area contributed by atoms with Gasteiger partial charge in [0.1, 0.15) is 5.82 Å². The molecular weight excluding hydrogens is 274 g/mol. The third-order valence-corrected chi connectivity index (χ3v) is 3.70. The van der Waals surface area contributed by atoms with E-state index in [2.05, 4.69) is 28.7 Å². The topological polar surface area (TPSA) is 50.1 Å². The van der Waals surface area contributed by atoms with Crippen molar-refractivity contribution in [2.24, 2.45) is 13.0 Å². The number of nitrogens with one attached hydrogen (secondary N) is 1. The van der Waals surface area contributed by atoms with Gasteiger partial charge in [-0.1, -0.05) is 25.4 Å². The van der Waals surface area contributed by atoms with Crippen LogP contribution in [-0.2, 0) is 13.6 Å². The average Bonchev–Trinajstić information content (AvgIpc) is 2.70. The zero-order valence-electron chi connectivity index (χ0n) is 12.2. The van der Waals surface area contributed by atoms with Gasteiger partial charge in [-0.3, -0.25) is 0 Å². The third-order valence-electron chi connectivity index (χ3n) is 3.46. The number of benzene rings is 1. The standard InChI is InChI=1S/C15H22ClN3O/c1-10(2)6-12(9-20)17-8-15-18-13-7-11(16)4-5-14(13)19(15)3/h4-5,7,10,12,17,20H,6,8-9H2,1-3H3. The Balaban J connectivity index is 2.11. The number of hydrogen-bond acceptors (Lipinski definition) is 3. The second-order valence-electron chi connectivity index (χ2n) is 5.61. The van der Waals surface area contributed by atoms with Crippen molar-refractivity contribution in [3.63, 3.8) is 0 Å². The predicted molar refractivity (Wildman–Crippen MR) is 82.9 cm³/mol. The Morgan fingerprint density at radius 2 is 2.15 bits per heavy atom. The molecule has 0 fully saturated rings. The number of aryl methyl sites for hydroxylation is 1. The van der Waals surface area contributed by atoms with E-state index in [-0.39, 0.29) is 12.6 Å². The number of aliphatic hydroxyl groups is 1. The summed E-state index contributed by atoms with van der Waals surface area (Å²) in [5, 5.41) is 13.5. The Bertz CT molecular complexity index is 580. The molecule has 0 aliphatic carbocycles. The van der Waals surface area contributed by atoms with Crippen LogP contribution in [0.2, 0.25) is 5.02 Å². The highest BCUT2D eigenvalue weighted by Gasteiger charge is 2.12. The molecule has 0 spiro atoms. The highest BCUT2D eigenvalue weighted by molar-refractivity contribution is 6.31. The summed E-state index contributed by atoms with van der Waals surface area (Å²) in [5.74, 6) is 1.50. The number of nitrogens with zero attached hydrogens (tertiary/aromatic N) is 2. The predicted octanol–water partition coefficient (Wildman–Crippen LogP) is 2.72. The highest BCUT2D eigenvalue weighted by atomic mass is 35.5. The first kappa shape index (κ1) is 15.3. The zero-order valence-corrected chi connectivity index (χ0v) is 13.0. The van der Waals surface area contributed by atoms with Gasteiger partial charge in [0.2, 0.25) is 0 Å². The van der Waals surface area contributed by atoms with Gasteiger partial charge in [-0.25, -0.2) is 4.98 Å². The molecule has 1 aromatic carbocycles. The molecule has 0 aliphatic heterocycles.